The highest BCUT2D eigenvalue weighted by Gasteiger charge is 2.19. The molecule has 344 valence electrons. The number of ether oxygens (including phenoxy) is 3. The predicted octanol–water partition coefficient (Wildman–Crippen LogP) is 16.5. The smallest absolute Gasteiger partial charge is 0.306 e. The SMILES string of the molecule is CCCCCCCCCCCCCC(=O)OC[C@H](COC(=O)CCCCCCCCCCCCC(C)CC)OC(=O)CCCCCCCCCCCCCCC(C)C. The van der Waals surface area contributed by atoms with Gasteiger partial charge in [0.1, 0.15) is 13.2 Å². The van der Waals surface area contributed by atoms with E-state index in [1.54, 1.807) is 0 Å². The van der Waals surface area contributed by atoms with Crippen LogP contribution < -0.4 is 0 Å². The first-order valence-corrected chi connectivity index (χ1v) is 25.8. The van der Waals surface area contributed by atoms with Gasteiger partial charge in [-0.3, -0.25) is 14.4 Å². The Morgan fingerprint density at radius 2 is 0.655 bits per heavy atom. The van der Waals surface area contributed by atoms with E-state index in [0.29, 0.717) is 19.3 Å². The molecule has 0 heterocycles. The van der Waals surface area contributed by atoms with Crippen LogP contribution in [0.25, 0.3) is 0 Å². The van der Waals surface area contributed by atoms with Gasteiger partial charge in [0, 0.05) is 19.3 Å². The van der Waals surface area contributed by atoms with Crippen molar-refractivity contribution in [2.24, 2.45) is 11.8 Å². The molecule has 6 nitrogen and oxygen atoms in total. The van der Waals surface area contributed by atoms with Crippen LogP contribution in [0.1, 0.15) is 285 Å². The number of rotatable bonds is 46. The van der Waals surface area contributed by atoms with E-state index in [1.807, 2.05) is 0 Å². The van der Waals surface area contributed by atoms with Gasteiger partial charge in [-0.25, -0.2) is 0 Å². The van der Waals surface area contributed by atoms with E-state index >= 15 is 0 Å². The lowest BCUT2D eigenvalue weighted by Crippen LogP contribution is -2.30. The minimum absolute atomic E-state index is 0.0638. The first-order valence-electron chi connectivity index (χ1n) is 25.8. The highest BCUT2D eigenvalue weighted by molar-refractivity contribution is 5.71. The fourth-order valence-corrected chi connectivity index (χ4v) is 7.78. The van der Waals surface area contributed by atoms with E-state index in [0.717, 1.165) is 69.6 Å². The van der Waals surface area contributed by atoms with Crippen LogP contribution in [-0.4, -0.2) is 37.2 Å². The Bertz CT molecular complexity index is 887. The maximum absolute atomic E-state index is 12.8. The summed E-state index contributed by atoms with van der Waals surface area (Å²) < 4.78 is 16.8. The second-order valence-electron chi connectivity index (χ2n) is 18.5. The normalized spacial score (nSPS) is 12.5. The zero-order chi connectivity index (χ0) is 42.6. The Hall–Kier alpha value is -1.59. The van der Waals surface area contributed by atoms with Gasteiger partial charge in [-0.1, -0.05) is 247 Å². The molecule has 0 rings (SSSR count). The first-order chi connectivity index (χ1) is 28.3. The van der Waals surface area contributed by atoms with E-state index in [1.165, 1.54) is 173 Å². The van der Waals surface area contributed by atoms with Gasteiger partial charge < -0.3 is 14.2 Å². The highest BCUT2D eigenvalue weighted by atomic mass is 16.6. The molecule has 0 aromatic heterocycles. The summed E-state index contributed by atoms with van der Waals surface area (Å²) in [5.41, 5.74) is 0. The molecule has 0 aromatic carbocycles. The van der Waals surface area contributed by atoms with Crippen LogP contribution in [0.2, 0.25) is 0 Å². The minimum Gasteiger partial charge on any atom is -0.462 e. The number of esters is 3. The quantitative estimate of drug-likeness (QED) is 0.0346. The molecule has 0 aliphatic carbocycles. The Labute approximate surface area is 361 Å². The summed E-state index contributed by atoms with van der Waals surface area (Å²) >= 11 is 0. The highest BCUT2D eigenvalue weighted by Crippen LogP contribution is 2.18. The number of hydrogen-bond donors (Lipinski definition) is 0. The summed E-state index contributed by atoms with van der Waals surface area (Å²) in [4.78, 5) is 37.9. The van der Waals surface area contributed by atoms with Gasteiger partial charge in [-0.2, -0.15) is 0 Å². The lowest BCUT2D eigenvalue weighted by atomic mass is 9.99. The van der Waals surface area contributed by atoms with Gasteiger partial charge in [-0.15, -0.1) is 0 Å². The molecule has 0 fully saturated rings. The molecule has 0 aromatic rings. The van der Waals surface area contributed by atoms with E-state index < -0.39 is 6.10 Å². The van der Waals surface area contributed by atoms with Gasteiger partial charge >= 0.3 is 17.9 Å². The van der Waals surface area contributed by atoms with Crippen LogP contribution in [0, 0.1) is 11.8 Å². The molecule has 0 N–H and O–H groups in total. The average Bonchev–Trinajstić information content (AvgIpc) is 3.21. The summed E-state index contributed by atoms with van der Waals surface area (Å²) in [7, 11) is 0. The summed E-state index contributed by atoms with van der Waals surface area (Å²) in [6, 6.07) is 0. The van der Waals surface area contributed by atoms with Gasteiger partial charge in [0.2, 0.25) is 0 Å². The van der Waals surface area contributed by atoms with E-state index in [9.17, 15) is 14.4 Å². The first kappa shape index (κ1) is 56.4. The second kappa shape index (κ2) is 44.9. The molecule has 0 amide bonds. The number of unbranched alkanes of at least 4 members (excludes halogenated alkanes) is 30. The molecule has 1 unspecified atom stereocenters. The molecule has 0 radical (unpaired) electrons. The van der Waals surface area contributed by atoms with Crippen LogP contribution in [0.3, 0.4) is 0 Å². The third kappa shape index (κ3) is 44.0. The molecule has 0 aliphatic heterocycles. The van der Waals surface area contributed by atoms with E-state index in [2.05, 4.69) is 34.6 Å². The lowest BCUT2D eigenvalue weighted by molar-refractivity contribution is -0.167. The monoisotopic (exact) mass is 821 g/mol. The zero-order valence-electron chi connectivity index (χ0n) is 39.7. The van der Waals surface area contributed by atoms with Crippen molar-refractivity contribution in [3.63, 3.8) is 0 Å². The largest absolute Gasteiger partial charge is 0.462 e. The van der Waals surface area contributed by atoms with Crippen LogP contribution in [0.4, 0.5) is 0 Å². The van der Waals surface area contributed by atoms with E-state index in [-0.39, 0.29) is 31.1 Å². The molecule has 0 saturated carbocycles. The molecular formula is C52H100O6. The fourth-order valence-electron chi connectivity index (χ4n) is 7.78. The van der Waals surface area contributed by atoms with Crippen molar-refractivity contribution in [1.29, 1.82) is 0 Å². The van der Waals surface area contributed by atoms with Crippen LogP contribution >= 0.6 is 0 Å². The Morgan fingerprint density at radius 3 is 0.983 bits per heavy atom. The molecule has 0 aliphatic rings. The molecule has 6 heteroatoms. The molecule has 2 atom stereocenters. The van der Waals surface area contributed by atoms with Gasteiger partial charge in [-0.05, 0) is 31.1 Å². The Kier molecular flexibility index (Phi) is 43.7. The summed E-state index contributed by atoms with van der Waals surface area (Å²) in [6.07, 6.45) is 45.0. The number of carbonyl (C=O) groups is 3. The fraction of sp³-hybridized carbons (Fsp3) is 0.942. The maximum Gasteiger partial charge on any atom is 0.306 e. The van der Waals surface area contributed by atoms with Gasteiger partial charge in [0.25, 0.3) is 0 Å². The molecular weight excluding hydrogens is 721 g/mol. The summed E-state index contributed by atoms with van der Waals surface area (Å²) in [5, 5.41) is 0. The number of hydrogen-bond acceptors (Lipinski definition) is 6. The molecule has 0 bridgehead atoms. The minimum atomic E-state index is -0.761. The zero-order valence-corrected chi connectivity index (χ0v) is 39.7. The topological polar surface area (TPSA) is 78.9 Å². The molecule has 0 spiro atoms. The predicted molar refractivity (Wildman–Crippen MR) is 247 cm³/mol. The second-order valence-corrected chi connectivity index (χ2v) is 18.5. The van der Waals surface area contributed by atoms with Crippen molar-refractivity contribution >= 4 is 17.9 Å². The molecule has 0 saturated heterocycles. The summed E-state index contributed by atoms with van der Waals surface area (Å²) in [6.45, 7) is 11.4. The Balaban J connectivity index is 4.32. The van der Waals surface area contributed by atoms with Crippen molar-refractivity contribution in [2.75, 3.05) is 13.2 Å². The van der Waals surface area contributed by atoms with E-state index in [4.69, 9.17) is 14.2 Å². The van der Waals surface area contributed by atoms with Crippen LogP contribution in [-0.2, 0) is 28.6 Å². The standard InChI is InChI=1S/C52H100O6/c1-6-8-9-10-11-12-15-22-27-32-37-42-50(53)56-45-49(46-57-51(54)43-38-33-28-23-19-18-21-26-31-36-41-48(5)7-2)58-52(55)44-39-34-29-24-17-14-13-16-20-25-30-35-40-47(3)4/h47-49H,6-46H2,1-5H3/t48?,49-/m1/s1. The summed E-state index contributed by atoms with van der Waals surface area (Å²) in [5.74, 6) is 0.853. The van der Waals surface area contributed by atoms with Crippen molar-refractivity contribution in [3.05, 3.63) is 0 Å². The third-order valence-corrected chi connectivity index (χ3v) is 12.1. The Morgan fingerprint density at radius 1 is 0.362 bits per heavy atom. The lowest BCUT2D eigenvalue weighted by Gasteiger charge is -2.18. The van der Waals surface area contributed by atoms with Crippen LogP contribution in [0.5, 0.6) is 0 Å². The average molecular weight is 821 g/mol. The van der Waals surface area contributed by atoms with Gasteiger partial charge in [0.05, 0.1) is 0 Å². The maximum atomic E-state index is 12.8. The van der Waals surface area contributed by atoms with Crippen molar-refractivity contribution in [2.45, 2.75) is 291 Å². The van der Waals surface area contributed by atoms with Crippen LogP contribution in [0.15, 0.2) is 0 Å². The van der Waals surface area contributed by atoms with Crippen molar-refractivity contribution < 1.29 is 28.6 Å². The van der Waals surface area contributed by atoms with Gasteiger partial charge in [0.15, 0.2) is 6.10 Å². The number of carbonyl (C=O) groups excluding carboxylic acids is 3. The molecule has 58 heavy (non-hydrogen) atoms. The van der Waals surface area contributed by atoms with Crippen molar-refractivity contribution in [1.82, 2.24) is 0 Å². The third-order valence-electron chi connectivity index (χ3n) is 12.1. The van der Waals surface area contributed by atoms with Crippen molar-refractivity contribution in [3.8, 4) is 0 Å².